The highest BCUT2D eigenvalue weighted by atomic mass is 19.1. The molecule has 1 aromatic carbocycles. The van der Waals surface area contributed by atoms with E-state index < -0.39 is 5.82 Å². The Hall–Kier alpha value is -1.25. The highest BCUT2D eigenvalue weighted by molar-refractivity contribution is 5.43. The Morgan fingerprint density at radius 3 is 2.59 bits per heavy atom. The van der Waals surface area contributed by atoms with Crippen molar-refractivity contribution in [2.75, 3.05) is 0 Å². The summed E-state index contributed by atoms with van der Waals surface area (Å²) in [6.07, 6.45) is 4.13. The number of aryl methyl sites for hydroxylation is 1. The highest BCUT2D eigenvalue weighted by Crippen LogP contribution is 2.53. The minimum Gasteiger partial charge on any atom is -0.504 e. The van der Waals surface area contributed by atoms with Crippen LogP contribution < -0.4 is 4.74 Å². The van der Waals surface area contributed by atoms with E-state index in [0.717, 1.165) is 30.2 Å². The second-order valence-electron chi connectivity index (χ2n) is 5.25. The maximum atomic E-state index is 13.8. The van der Waals surface area contributed by atoms with Crippen LogP contribution in [0.3, 0.4) is 0 Å². The molecule has 17 heavy (non-hydrogen) atoms. The van der Waals surface area contributed by atoms with Gasteiger partial charge in [0.1, 0.15) is 0 Å². The van der Waals surface area contributed by atoms with Gasteiger partial charge in [-0.2, -0.15) is 0 Å². The van der Waals surface area contributed by atoms with Gasteiger partial charge in [-0.1, -0.05) is 6.92 Å². The van der Waals surface area contributed by atoms with Crippen LogP contribution in [0.15, 0.2) is 12.1 Å². The van der Waals surface area contributed by atoms with Gasteiger partial charge in [0.15, 0.2) is 17.3 Å². The number of ether oxygens (including phenoxy) is 1. The molecule has 2 nitrogen and oxygen atoms in total. The molecule has 0 aliphatic heterocycles. The molecular formula is C14H17FO2. The van der Waals surface area contributed by atoms with Crippen molar-refractivity contribution in [1.29, 1.82) is 0 Å². The van der Waals surface area contributed by atoms with Crippen LogP contribution in [0, 0.1) is 17.7 Å². The molecular weight excluding hydrogens is 219 g/mol. The molecule has 92 valence electrons. The van der Waals surface area contributed by atoms with Crippen LogP contribution in [0.2, 0.25) is 0 Å². The molecule has 0 radical (unpaired) electrons. The van der Waals surface area contributed by atoms with Crippen molar-refractivity contribution in [3.63, 3.8) is 0 Å². The van der Waals surface area contributed by atoms with Crippen molar-refractivity contribution >= 4 is 0 Å². The van der Waals surface area contributed by atoms with Crippen LogP contribution in [0.1, 0.15) is 31.7 Å². The van der Waals surface area contributed by atoms with E-state index >= 15 is 0 Å². The standard InChI is InChI=1S/C14H17FO2/c1-2-8-3-12(15)14(13(16)4-8)17-11-6-9-5-10(9)7-11/h3-4,9-11,16H,2,5-7H2,1H3. The largest absolute Gasteiger partial charge is 0.504 e. The average Bonchev–Trinajstić information content (AvgIpc) is 2.91. The summed E-state index contributed by atoms with van der Waals surface area (Å²) in [6, 6.07) is 3.04. The number of fused-ring (bicyclic) bond motifs is 1. The molecule has 2 fully saturated rings. The minimum absolute atomic E-state index is 0.0356. The van der Waals surface area contributed by atoms with Gasteiger partial charge in [0.25, 0.3) is 0 Å². The number of phenolic OH excluding ortho intramolecular Hbond substituents is 1. The van der Waals surface area contributed by atoms with Gasteiger partial charge in [-0.05, 0) is 55.2 Å². The number of benzene rings is 1. The van der Waals surface area contributed by atoms with E-state index in [4.69, 9.17) is 4.74 Å². The zero-order chi connectivity index (χ0) is 12.0. The smallest absolute Gasteiger partial charge is 0.197 e. The van der Waals surface area contributed by atoms with Crippen LogP contribution in [0.5, 0.6) is 11.5 Å². The summed E-state index contributed by atoms with van der Waals surface area (Å²) in [7, 11) is 0. The number of phenols is 1. The highest BCUT2D eigenvalue weighted by Gasteiger charge is 2.47. The number of hydrogen-bond donors (Lipinski definition) is 1. The molecule has 0 spiro atoms. The van der Waals surface area contributed by atoms with E-state index in [0.29, 0.717) is 6.42 Å². The first-order valence-corrected chi connectivity index (χ1v) is 6.35. The van der Waals surface area contributed by atoms with Gasteiger partial charge in [0.2, 0.25) is 0 Å². The van der Waals surface area contributed by atoms with Gasteiger partial charge < -0.3 is 9.84 Å². The van der Waals surface area contributed by atoms with Gasteiger partial charge in [-0.25, -0.2) is 4.39 Å². The SMILES string of the molecule is CCc1cc(O)c(OC2CC3CC3C2)c(F)c1. The summed E-state index contributed by atoms with van der Waals surface area (Å²) < 4.78 is 19.4. The second kappa shape index (κ2) is 3.90. The van der Waals surface area contributed by atoms with E-state index in [1.807, 2.05) is 6.92 Å². The second-order valence-corrected chi connectivity index (χ2v) is 5.25. The van der Waals surface area contributed by atoms with Crippen LogP contribution in [0.4, 0.5) is 4.39 Å². The fourth-order valence-electron chi connectivity index (χ4n) is 2.88. The Morgan fingerprint density at radius 2 is 2.00 bits per heavy atom. The molecule has 1 N–H and O–H groups in total. The minimum atomic E-state index is -0.442. The molecule has 2 unspecified atom stereocenters. The molecule has 2 aliphatic rings. The number of aromatic hydroxyl groups is 1. The first-order valence-electron chi connectivity index (χ1n) is 6.35. The lowest BCUT2D eigenvalue weighted by molar-refractivity contribution is 0.178. The van der Waals surface area contributed by atoms with Crippen LogP contribution in [0.25, 0.3) is 0 Å². The number of rotatable bonds is 3. The van der Waals surface area contributed by atoms with Crippen molar-refractivity contribution in [2.24, 2.45) is 11.8 Å². The van der Waals surface area contributed by atoms with Crippen molar-refractivity contribution < 1.29 is 14.2 Å². The predicted molar refractivity (Wildman–Crippen MR) is 62.7 cm³/mol. The Balaban J connectivity index is 1.77. The molecule has 0 heterocycles. The van der Waals surface area contributed by atoms with Crippen molar-refractivity contribution in [2.45, 2.75) is 38.7 Å². The zero-order valence-corrected chi connectivity index (χ0v) is 9.95. The summed E-state index contributed by atoms with van der Waals surface area (Å²) in [6.45, 7) is 1.93. The Morgan fingerprint density at radius 1 is 1.29 bits per heavy atom. The van der Waals surface area contributed by atoms with Crippen molar-refractivity contribution in [1.82, 2.24) is 0 Å². The normalized spacial score (nSPS) is 30.1. The summed E-state index contributed by atoms with van der Waals surface area (Å²) in [4.78, 5) is 0. The number of halogens is 1. The van der Waals surface area contributed by atoms with Gasteiger partial charge in [0.05, 0.1) is 6.10 Å². The average molecular weight is 236 g/mol. The molecule has 3 rings (SSSR count). The Kier molecular flexibility index (Phi) is 2.49. The van der Waals surface area contributed by atoms with E-state index in [9.17, 15) is 9.50 Å². The van der Waals surface area contributed by atoms with Crippen LogP contribution >= 0.6 is 0 Å². The molecule has 0 bridgehead atoms. The predicted octanol–water partition coefficient (Wildman–Crippen LogP) is 3.27. The molecule has 2 aliphatic carbocycles. The van der Waals surface area contributed by atoms with Gasteiger partial charge in [0, 0.05) is 0 Å². The van der Waals surface area contributed by atoms with E-state index in [-0.39, 0.29) is 17.6 Å². The van der Waals surface area contributed by atoms with Gasteiger partial charge in [-0.3, -0.25) is 0 Å². The van der Waals surface area contributed by atoms with E-state index in [1.165, 1.54) is 12.5 Å². The third-order valence-corrected chi connectivity index (χ3v) is 3.98. The molecule has 2 atom stereocenters. The third-order valence-electron chi connectivity index (χ3n) is 3.98. The summed E-state index contributed by atoms with van der Waals surface area (Å²) in [5.41, 5.74) is 0.793. The topological polar surface area (TPSA) is 29.5 Å². The Labute approximate surface area is 100 Å². The fraction of sp³-hybridized carbons (Fsp3) is 0.571. The molecule has 0 saturated heterocycles. The first-order chi connectivity index (χ1) is 8.17. The maximum absolute atomic E-state index is 13.8. The third kappa shape index (κ3) is 1.99. The Bertz CT molecular complexity index is 411. The number of hydrogen-bond acceptors (Lipinski definition) is 2. The monoisotopic (exact) mass is 236 g/mol. The quantitative estimate of drug-likeness (QED) is 0.872. The lowest BCUT2D eigenvalue weighted by atomic mass is 10.1. The summed E-state index contributed by atoms with van der Waals surface area (Å²) >= 11 is 0. The fourth-order valence-corrected chi connectivity index (χ4v) is 2.88. The molecule has 0 aromatic heterocycles. The molecule has 3 heteroatoms. The summed E-state index contributed by atoms with van der Waals surface area (Å²) in [5.74, 6) is 1.11. The zero-order valence-electron chi connectivity index (χ0n) is 9.95. The van der Waals surface area contributed by atoms with E-state index in [1.54, 1.807) is 6.07 Å². The lowest BCUT2D eigenvalue weighted by Crippen LogP contribution is -2.14. The maximum Gasteiger partial charge on any atom is 0.197 e. The van der Waals surface area contributed by atoms with Crippen LogP contribution in [-0.2, 0) is 6.42 Å². The lowest BCUT2D eigenvalue weighted by Gasteiger charge is -2.17. The molecule has 0 amide bonds. The molecule has 2 saturated carbocycles. The van der Waals surface area contributed by atoms with Crippen molar-refractivity contribution in [3.05, 3.63) is 23.5 Å². The summed E-state index contributed by atoms with van der Waals surface area (Å²) in [5, 5.41) is 9.78. The van der Waals surface area contributed by atoms with Crippen molar-refractivity contribution in [3.8, 4) is 11.5 Å². The van der Waals surface area contributed by atoms with E-state index in [2.05, 4.69) is 0 Å². The van der Waals surface area contributed by atoms with Crippen LogP contribution in [-0.4, -0.2) is 11.2 Å². The van der Waals surface area contributed by atoms with Gasteiger partial charge in [-0.15, -0.1) is 0 Å². The molecule has 1 aromatic rings. The van der Waals surface area contributed by atoms with Gasteiger partial charge >= 0.3 is 0 Å². The first kappa shape index (κ1) is 10.9.